The molecule has 4 aromatic rings. The molecule has 0 radical (unpaired) electrons. The van der Waals surface area contributed by atoms with Crippen LogP contribution in [0.1, 0.15) is 44.3 Å². The lowest BCUT2D eigenvalue weighted by molar-refractivity contribution is 0.0677. The molecule has 3 aromatic carbocycles. The van der Waals surface area contributed by atoms with E-state index in [9.17, 15) is 9.90 Å². The van der Waals surface area contributed by atoms with Crippen LogP contribution in [0, 0.1) is 13.8 Å². The number of phenolic OH excluding ortho intramolecular Hbond substituents is 1. The summed E-state index contributed by atoms with van der Waals surface area (Å²) >= 11 is 0. The number of phenols is 1. The van der Waals surface area contributed by atoms with Crippen molar-refractivity contribution in [2.45, 2.75) is 26.5 Å². The lowest BCUT2D eigenvalue weighted by Crippen LogP contribution is -2.32. The standard InChI is InChI=1S/C29H29N3O4/c1-18-15-19(2)28(33)23(16-18)25-24-26(31-30-25)29(34)32(13-14-35-3)27(24)21-9-11-22(12-10-21)36-17-20-7-5-4-6-8-20/h4-12,15-16,27,33H,13-14,17H2,1-3H3,(H,30,31). The van der Waals surface area contributed by atoms with Crippen molar-refractivity contribution in [1.82, 2.24) is 15.1 Å². The zero-order valence-electron chi connectivity index (χ0n) is 20.6. The molecule has 1 aliphatic heterocycles. The highest BCUT2D eigenvalue weighted by Gasteiger charge is 2.42. The number of hydrogen-bond donors (Lipinski definition) is 2. The Labute approximate surface area is 210 Å². The lowest BCUT2D eigenvalue weighted by Gasteiger charge is -2.26. The van der Waals surface area contributed by atoms with E-state index in [0.29, 0.717) is 36.7 Å². The summed E-state index contributed by atoms with van der Waals surface area (Å²) in [5.41, 5.74) is 6.18. The molecule has 1 amide bonds. The van der Waals surface area contributed by atoms with Gasteiger partial charge >= 0.3 is 0 Å². The van der Waals surface area contributed by atoms with Crippen LogP contribution in [0.4, 0.5) is 0 Å². The summed E-state index contributed by atoms with van der Waals surface area (Å²) in [6.45, 7) is 5.14. The number of H-pyrrole nitrogens is 1. The molecule has 7 heteroatoms. The summed E-state index contributed by atoms with van der Waals surface area (Å²) in [6.07, 6.45) is 0. The number of hydrogen-bond acceptors (Lipinski definition) is 5. The average Bonchev–Trinajstić information content (AvgIpc) is 3.43. The summed E-state index contributed by atoms with van der Waals surface area (Å²) in [7, 11) is 1.62. The smallest absolute Gasteiger partial charge is 0.273 e. The highest BCUT2D eigenvalue weighted by atomic mass is 16.5. The third-order valence-corrected chi connectivity index (χ3v) is 6.54. The summed E-state index contributed by atoms with van der Waals surface area (Å²) < 4.78 is 11.3. The number of aromatic nitrogens is 2. The van der Waals surface area contributed by atoms with Crippen LogP contribution in [0.3, 0.4) is 0 Å². The molecule has 1 aromatic heterocycles. The maximum atomic E-state index is 13.4. The van der Waals surface area contributed by atoms with Crippen LogP contribution in [0.5, 0.6) is 11.5 Å². The van der Waals surface area contributed by atoms with Gasteiger partial charge in [0.2, 0.25) is 0 Å². The van der Waals surface area contributed by atoms with Gasteiger partial charge in [-0.05, 0) is 54.3 Å². The van der Waals surface area contributed by atoms with Gasteiger partial charge in [0.15, 0.2) is 0 Å². The number of benzene rings is 3. The second-order valence-corrected chi connectivity index (χ2v) is 9.08. The molecule has 0 fully saturated rings. The molecule has 36 heavy (non-hydrogen) atoms. The number of carbonyl (C=O) groups is 1. The van der Waals surface area contributed by atoms with E-state index in [0.717, 1.165) is 33.6 Å². The zero-order chi connectivity index (χ0) is 25.2. The molecule has 7 nitrogen and oxygen atoms in total. The Morgan fingerprint density at radius 3 is 2.53 bits per heavy atom. The molecule has 184 valence electrons. The minimum absolute atomic E-state index is 0.140. The third kappa shape index (κ3) is 4.33. The quantitative estimate of drug-likeness (QED) is 0.361. The van der Waals surface area contributed by atoms with Crippen molar-refractivity contribution in [3.05, 3.63) is 100 Å². The van der Waals surface area contributed by atoms with Crippen LogP contribution in [0.25, 0.3) is 11.3 Å². The van der Waals surface area contributed by atoms with E-state index in [2.05, 4.69) is 10.2 Å². The maximum absolute atomic E-state index is 13.4. The number of fused-ring (bicyclic) bond motifs is 1. The van der Waals surface area contributed by atoms with Crippen molar-refractivity contribution < 1.29 is 19.4 Å². The molecule has 1 atom stereocenters. The van der Waals surface area contributed by atoms with Gasteiger partial charge in [-0.1, -0.05) is 48.5 Å². The van der Waals surface area contributed by atoms with Gasteiger partial charge < -0.3 is 19.5 Å². The molecule has 2 heterocycles. The largest absolute Gasteiger partial charge is 0.507 e. The van der Waals surface area contributed by atoms with Gasteiger partial charge in [0, 0.05) is 24.8 Å². The van der Waals surface area contributed by atoms with Crippen molar-refractivity contribution in [3.63, 3.8) is 0 Å². The van der Waals surface area contributed by atoms with Gasteiger partial charge in [-0.25, -0.2) is 0 Å². The lowest BCUT2D eigenvalue weighted by atomic mass is 9.94. The second-order valence-electron chi connectivity index (χ2n) is 9.08. The summed E-state index contributed by atoms with van der Waals surface area (Å²) in [6, 6.07) is 21.2. The normalized spacial score (nSPS) is 14.8. The van der Waals surface area contributed by atoms with E-state index in [4.69, 9.17) is 9.47 Å². The Hall–Kier alpha value is -4.10. The topological polar surface area (TPSA) is 87.7 Å². The second kappa shape index (κ2) is 9.87. The number of methoxy groups -OCH3 is 1. The van der Waals surface area contributed by atoms with Crippen LogP contribution in [0.15, 0.2) is 66.7 Å². The Kier molecular flexibility index (Phi) is 6.48. The summed E-state index contributed by atoms with van der Waals surface area (Å²) in [4.78, 5) is 15.2. The van der Waals surface area contributed by atoms with Crippen molar-refractivity contribution in [2.75, 3.05) is 20.3 Å². The fourth-order valence-electron chi connectivity index (χ4n) is 4.80. The fourth-order valence-corrected chi connectivity index (χ4v) is 4.80. The number of carbonyl (C=O) groups excluding carboxylic acids is 1. The molecule has 1 unspecified atom stereocenters. The Morgan fingerprint density at radius 1 is 1.06 bits per heavy atom. The minimum atomic E-state index is -0.375. The first kappa shape index (κ1) is 23.6. The number of aryl methyl sites for hydroxylation is 2. The molecule has 0 saturated carbocycles. The number of nitrogens with one attached hydrogen (secondary N) is 1. The van der Waals surface area contributed by atoms with Gasteiger partial charge in [0.1, 0.15) is 29.5 Å². The molecule has 5 rings (SSSR count). The van der Waals surface area contributed by atoms with Crippen LogP contribution in [-0.2, 0) is 11.3 Å². The van der Waals surface area contributed by atoms with Crippen LogP contribution in [0.2, 0.25) is 0 Å². The zero-order valence-corrected chi connectivity index (χ0v) is 20.6. The summed E-state index contributed by atoms with van der Waals surface area (Å²) in [5, 5.41) is 18.3. The highest BCUT2D eigenvalue weighted by Crippen LogP contribution is 2.45. The number of nitrogens with zero attached hydrogens (tertiary/aromatic N) is 2. The average molecular weight is 484 g/mol. The number of amides is 1. The van der Waals surface area contributed by atoms with E-state index < -0.39 is 0 Å². The van der Waals surface area contributed by atoms with Crippen LogP contribution < -0.4 is 4.74 Å². The molecule has 0 spiro atoms. The predicted octanol–water partition coefficient (Wildman–Crippen LogP) is 5.17. The van der Waals surface area contributed by atoms with Crippen molar-refractivity contribution in [2.24, 2.45) is 0 Å². The minimum Gasteiger partial charge on any atom is -0.507 e. The maximum Gasteiger partial charge on any atom is 0.273 e. The van der Waals surface area contributed by atoms with E-state index in [1.165, 1.54) is 0 Å². The monoisotopic (exact) mass is 483 g/mol. The van der Waals surface area contributed by atoms with Gasteiger partial charge in [0.25, 0.3) is 5.91 Å². The molecule has 0 bridgehead atoms. The van der Waals surface area contributed by atoms with Gasteiger partial charge in [-0.3, -0.25) is 9.89 Å². The molecular weight excluding hydrogens is 454 g/mol. The molecular formula is C29H29N3O4. The van der Waals surface area contributed by atoms with Crippen LogP contribution >= 0.6 is 0 Å². The fraction of sp³-hybridized carbons (Fsp3) is 0.241. The molecule has 0 saturated heterocycles. The third-order valence-electron chi connectivity index (χ3n) is 6.54. The SMILES string of the molecule is COCCN1C(=O)c2[nH]nc(-c3cc(C)cc(C)c3O)c2C1c1ccc(OCc2ccccc2)cc1. The van der Waals surface area contributed by atoms with Crippen molar-refractivity contribution in [3.8, 4) is 22.8 Å². The number of aromatic amines is 1. The summed E-state index contributed by atoms with van der Waals surface area (Å²) in [5.74, 6) is 0.773. The van der Waals surface area contributed by atoms with E-state index in [-0.39, 0.29) is 17.7 Å². The number of aromatic hydroxyl groups is 1. The number of ether oxygens (including phenoxy) is 2. The first-order chi connectivity index (χ1) is 17.5. The Morgan fingerprint density at radius 2 is 1.81 bits per heavy atom. The van der Waals surface area contributed by atoms with Crippen molar-refractivity contribution in [1.29, 1.82) is 0 Å². The first-order valence-electron chi connectivity index (χ1n) is 11.9. The molecule has 1 aliphatic rings. The molecule has 0 aliphatic carbocycles. The van der Waals surface area contributed by atoms with Gasteiger partial charge in [0.05, 0.1) is 12.6 Å². The van der Waals surface area contributed by atoms with Crippen LogP contribution in [-0.4, -0.2) is 46.4 Å². The first-order valence-corrected chi connectivity index (χ1v) is 11.9. The Bertz CT molecular complexity index is 1380. The van der Waals surface area contributed by atoms with Gasteiger partial charge in [-0.15, -0.1) is 0 Å². The predicted molar refractivity (Wildman–Crippen MR) is 137 cm³/mol. The van der Waals surface area contributed by atoms with E-state index >= 15 is 0 Å². The van der Waals surface area contributed by atoms with Gasteiger partial charge in [-0.2, -0.15) is 5.10 Å². The van der Waals surface area contributed by atoms with Crippen molar-refractivity contribution >= 4 is 5.91 Å². The van der Waals surface area contributed by atoms with E-state index in [1.807, 2.05) is 80.6 Å². The number of rotatable bonds is 8. The molecule has 2 N–H and O–H groups in total. The Balaban J connectivity index is 1.52. The highest BCUT2D eigenvalue weighted by molar-refractivity contribution is 6.00. The van der Waals surface area contributed by atoms with E-state index in [1.54, 1.807) is 12.0 Å².